The van der Waals surface area contributed by atoms with Gasteiger partial charge in [0.15, 0.2) is 0 Å². The van der Waals surface area contributed by atoms with Crippen molar-refractivity contribution >= 4 is 45.7 Å². The molecule has 1 fully saturated rings. The molecule has 1 atom stereocenters. The topological polar surface area (TPSA) is 33.2 Å². The van der Waals surface area contributed by atoms with Gasteiger partial charge in [0, 0.05) is 18.4 Å². The van der Waals surface area contributed by atoms with Crippen LogP contribution in [0.1, 0.15) is 6.42 Å². The van der Waals surface area contributed by atoms with E-state index in [1.807, 2.05) is 24.3 Å². The minimum Gasteiger partial charge on any atom is -0.308 e. The average molecular weight is 281 g/mol. The molecule has 1 aromatic heterocycles. The van der Waals surface area contributed by atoms with E-state index in [9.17, 15) is 4.79 Å². The normalized spacial score (nSPS) is 19.8. The number of hydrogen-bond acceptors (Lipinski definition) is 2. The fourth-order valence-corrected chi connectivity index (χ4v) is 2.76. The van der Waals surface area contributed by atoms with Gasteiger partial charge in [-0.15, -0.1) is 11.6 Å². The Morgan fingerprint density at radius 2 is 2.11 bits per heavy atom. The monoisotopic (exact) mass is 280 g/mol. The smallest absolute Gasteiger partial charge is 0.228 e. The van der Waals surface area contributed by atoms with Gasteiger partial charge >= 0.3 is 0 Å². The Kier molecular flexibility index (Phi) is 2.88. The summed E-state index contributed by atoms with van der Waals surface area (Å²) in [5.74, 6) is -0.00557. The standard InChI is InChI=1S/C13H10Cl2N2O/c14-8-5-12(18)17(7-8)11-6-16-10-4-2-1-3-9(10)13(11)15/h1-4,6,8H,5,7H2. The predicted molar refractivity (Wildman–Crippen MR) is 73.4 cm³/mol. The van der Waals surface area contributed by atoms with Gasteiger partial charge in [-0.1, -0.05) is 29.8 Å². The minimum absolute atomic E-state index is 0.00557. The third kappa shape index (κ3) is 1.84. The van der Waals surface area contributed by atoms with Crippen molar-refractivity contribution in [3.05, 3.63) is 35.5 Å². The molecule has 0 spiro atoms. The largest absolute Gasteiger partial charge is 0.308 e. The number of pyridine rings is 1. The molecule has 3 nitrogen and oxygen atoms in total. The van der Waals surface area contributed by atoms with E-state index in [1.165, 1.54) is 0 Å². The Balaban J connectivity index is 2.13. The predicted octanol–water partition coefficient (Wildman–Crippen LogP) is 3.23. The highest BCUT2D eigenvalue weighted by Crippen LogP contribution is 2.34. The second-order valence-electron chi connectivity index (χ2n) is 4.28. The molecule has 92 valence electrons. The molecule has 1 aliphatic heterocycles. The summed E-state index contributed by atoms with van der Waals surface area (Å²) in [6.45, 7) is 0.486. The number of alkyl halides is 1. The van der Waals surface area contributed by atoms with Crippen LogP contribution in [-0.2, 0) is 4.79 Å². The van der Waals surface area contributed by atoms with E-state index in [-0.39, 0.29) is 11.3 Å². The van der Waals surface area contributed by atoms with E-state index in [2.05, 4.69) is 4.98 Å². The van der Waals surface area contributed by atoms with Gasteiger partial charge in [-0.25, -0.2) is 0 Å². The lowest BCUT2D eigenvalue weighted by atomic mass is 10.2. The molecule has 0 radical (unpaired) electrons. The van der Waals surface area contributed by atoms with Crippen molar-refractivity contribution in [1.29, 1.82) is 0 Å². The maximum Gasteiger partial charge on any atom is 0.228 e. The van der Waals surface area contributed by atoms with Gasteiger partial charge in [-0.05, 0) is 6.07 Å². The van der Waals surface area contributed by atoms with Crippen molar-refractivity contribution < 1.29 is 4.79 Å². The van der Waals surface area contributed by atoms with E-state index in [4.69, 9.17) is 23.2 Å². The van der Waals surface area contributed by atoms with Crippen LogP contribution >= 0.6 is 23.2 Å². The van der Waals surface area contributed by atoms with Crippen molar-refractivity contribution in [2.75, 3.05) is 11.4 Å². The number of fused-ring (bicyclic) bond motifs is 1. The van der Waals surface area contributed by atoms with Crippen LogP contribution < -0.4 is 4.90 Å². The molecule has 5 heteroatoms. The maximum atomic E-state index is 11.8. The molecule has 0 saturated carbocycles. The SMILES string of the molecule is O=C1CC(Cl)CN1c1cnc2ccccc2c1Cl. The molecule has 0 aliphatic carbocycles. The summed E-state index contributed by atoms with van der Waals surface area (Å²) in [6, 6.07) is 7.59. The molecular formula is C13H10Cl2N2O. The van der Waals surface area contributed by atoms with Crippen LogP contribution in [-0.4, -0.2) is 22.8 Å². The summed E-state index contributed by atoms with van der Waals surface area (Å²) in [5.41, 5.74) is 1.46. The number of carbonyl (C=O) groups excluding carboxylic acids is 1. The van der Waals surface area contributed by atoms with Crippen molar-refractivity contribution in [3.63, 3.8) is 0 Å². The first-order valence-corrected chi connectivity index (χ1v) is 6.46. The molecule has 1 aromatic carbocycles. The van der Waals surface area contributed by atoms with Gasteiger partial charge in [0.05, 0.1) is 27.8 Å². The lowest BCUT2D eigenvalue weighted by molar-refractivity contribution is -0.117. The number of rotatable bonds is 1. The van der Waals surface area contributed by atoms with Crippen LogP contribution in [0.2, 0.25) is 5.02 Å². The molecule has 2 heterocycles. The number of para-hydroxylation sites is 1. The number of aromatic nitrogens is 1. The van der Waals surface area contributed by atoms with Crippen LogP contribution in [0.5, 0.6) is 0 Å². The van der Waals surface area contributed by atoms with E-state index in [0.29, 0.717) is 23.7 Å². The number of nitrogens with zero attached hydrogens (tertiary/aromatic N) is 2. The minimum atomic E-state index is -0.153. The van der Waals surface area contributed by atoms with Gasteiger partial charge in [0.25, 0.3) is 0 Å². The van der Waals surface area contributed by atoms with Gasteiger partial charge < -0.3 is 4.90 Å². The Labute approximate surface area is 114 Å². The molecule has 0 bridgehead atoms. The third-order valence-corrected chi connectivity index (χ3v) is 3.75. The molecular weight excluding hydrogens is 271 g/mol. The van der Waals surface area contributed by atoms with Crippen LogP contribution in [0.4, 0.5) is 5.69 Å². The average Bonchev–Trinajstić information content (AvgIpc) is 2.69. The van der Waals surface area contributed by atoms with Crippen LogP contribution in [0.15, 0.2) is 30.5 Å². The van der Waals surface area contributed by atoms with Crippen molar-refractivity contribution in [2.24, 2.45) is 0 Å². The van der Waals surface area contributed by atoms with E-state index in [0.717, 1.165) is 10.9 Å². The summed E-state index contributed by atoms with van der Waals surface area (Å²) in [7, 11) is 0. The molecule has 1 saturated heterocycles. The Morgan fingerprint density at radius 1 is 1.33 bits per heavy atom. The summed E-state index contributed by atoms with van der Waals surface area (Å²) < 4.78 is 0. The first kappa shape index (κ1) is 11.8. The zero-order valence-corrected chi connectivity index (χ0v) is 10.9. The molecule has 1 unspecified atom stereocenters. The first-order valence-electron chi connectivity index (χ1n) is 5.64. The molecule has 1 amide bonds. The van der Waals surface area contributed by atoms with Gasteiger partial charge in [0.1, 0.15) is 0 Å². The quantitative estimate of drug-likeness (QED) is 0.752. The highest BCUT2D eigenvalue weighted by atomic mass is 35.5. The summed E-state index contributed by atoms with van der Waals surface area (Å²) in [5, 5.41) is 1.25. The fraction of sp³-hybridized carbons (Fsp3) is 0.231. The second-order valence-corrected chi connectivity index (χ2v) is 5.28. The number of halogens is 2. The molecule has 2 aromatic rings. The van der Waals surface area contributed by atoms with Crippen molar-refractivity contribution in [2.45, 2.75) is 11.8 Å². The third-order valence-electron chi connectivity index (χ3n) is 3.06. The highest BCUT2D eigenvalue weighted by molar-refractivity contribution is 6.38. The van der Waals surface area contributed by atoms with Crippen LogP contribution in [0, 0.1) is 0 Å². The maximum absolute atomic E-state index is 11.8. The number of carbonyl (C=O) groups is 1. The Hall–Kier alpha value is -1.32. The summed E-state index contributed by atoms with van der Waals surface area (Å²) in [4.78, 5) is 17.8. The van der Waals surface area contributed by atoms with Gasteiger partial charge in [-0.3, -0.25) is 9.78 Å². The highest BCUT2D eigenvalue weighted by Gasteiger charge is 2.30. The Morgan fingerprint density at radius 3 is 2.83 bits per heavy atom. The van der Waals surface area contributed by atoms with Crippen molar-refractivity contribution in [1.82, 2.24) is 4.98 Å². The number of anilines is 1. The summed E-state index contributed by atoms with van der Waals surface area (Å²) >= 11 is 12.4. The number of amides is 1. The van der Waals surface area contributed by atoms with E-state index in [1.54, 1.807) is 11.1 Å². The van der Waals surface area contributed by atoms with Crippen LogP contribution in [0.3, 0.4) is 0 Å². The lowest BCUT2D eigenvalue weighted by Gasteiger charge is -2.17. The lowest BCUT2D eigenvalue weighted by Crippen LogP contribution is -2.25. The molecule has 3 rings (SSSR count). The van der Waals surface area contributed by atoms with E-state index < -0.39 is 0 Å². The molecule has 18 heavy (non-hydrogen) atoms. The zero-order chi connectivity index (χ0) is 12.7. The fourth-order valence-electron chi connectivity index (χ4n) is 2.18. The molecule has 1 aliphatic rings. The van der Waals surface area contributed by atoms with Crippen molar-refractivity contribution in [3.8, 4) is 0 Å². The van der Waals surface area contributed by atoms with Crippen LogP contribution in [0.25, 0.3) is 10.9 Å². The van der Waals surface area contributed by atoms with Gasteiger partial charge in [-0.2, -0.15) is 0 Å². The zero-order valence-electron chi connectivity index (χ0n) is 9.44. The summed E-state index contributed by atoms with van der Waals surface area (Å²) in [6.07, 6.45) is 1.99. The first-order chi connectivity index (χ1) is 8.66. The molecule has 0 N–H and O–H groups in total. The Bertz CT molecular complexity index is 629. The second kappa shape index (κ2) is 4.41. The number of benzene rings is 1. The van der Waals surface area contributed by atoms with Gasteiger partial charge in [0.2, 0.25) is 5.91 Å². The van der Waals surface area contributed by atoms with E-state index >= 15 is 0 Å². The number of hydrogen-bond donors (Lipinski definition) is 0.